The van der Waals surface area contributed by atoms with E-state index in [2.05, 4.69) is 31.2 Å². The van der Waals surface area contributed by atoms with Gasteiger partial charge in [-0.25, -0.2) is 0 Å². The van der Waals surface area contributed by atoms with E-state index in [1.807, 2.05) is 50.3 Å². The summed E-state index contributed by atoms with van der Waals surface area (Å²) in [6.45, 7) is 6.21. The van der Waals surface area contributed by atoms with Gasteiger partial charge < -0.3 is 10.2 Å². The van der Waals surface area contributed by atoms with Gasteiger partial charge in [-0.15, -0.1) is 11.8 Å². The van der Waals surface area contributed by atoms with Gasteiger partial charge in [0.05, 0.1) is 11.9 Å². The van der Waals surface area contributed by atoms with E-state index in [9.17, 15) is 19.8 Å². The SMILES string of the molecule is C[C@@H]1CC2C3CCC4=CC(=O)C=CC4(C)C3[C@@H](O)CC2(C)[C@@]1(O)C(=O)CSc1ccc(-c2ccccc2)cc1. The van der Waals surface area contributed by atoms with Crippen molar-refractivity contribution in [2.24, 2.45) is 34.5 Å². The third-order valence-electron chi connectivity index (χ3n) is 10.8. The Morgan fingerprint density at radius 1 is 1.05 bits per heavy atom. The molecule has 4 nitrogen and oxygen atoms in total. The highest BCUT2D eigenvalue weighted by atomic mass is 32.2. The standard InChI is InChI=1S/C34H38O4S/c1-21-17-28-27-14-11-24-18-25(35)15-16-32(24,2)31(27)29(36)19-33(28,3)34(21,38)30(37)20-39-26-12-9-23(10-13-26)22-7-5-4-6-8-22/h4-10,12-13,15-16,18,21,27-29,31,36,38H,11,14,17,19-20H2,1-3H3/t21-,27?,28?,29+,31?,32?,33?,34+/m1/s1. The molecule has 0 bridgehead atoms. The van der Waals surface area contributed by atoms with Crippen molar-refractivity contribution in [3.05, 3.63) is 78.4 Å². The van der Waals surface area contributed by atoms with Crippen molar-refractivity contribution in [3.63, 3.8) is 0 Å². The van der Waals surface area contributed by atoms with Crippen LogP contribution in [0.1, 0.15) is 46.5 Å². The lowest BCUT2D eigenvalue weighted by Gasteiger charge is -2.59. The molecule has 2 aromatic carbocycles. The Labute approximate surface area is 235 Å². The van der Waals surface area contributed by atoms with Gasteiger partial charge in [0, 0.05) is 21.6 Å². The summed E-state index contributed by atoms with van der Waals surface area (Å²) in [4.78, 5) is 27.0. The smallest absolute Gasteiger partial charge is 0.178 e. The number of rotatable bonds is 5. The zero-order chi connectivity index (χ0) is 27.6. The molecule has 2 N–H and O–H groups in total. The van der Waals surface area contributed by atoms with Crippen LogP contribution in [0.3, 0.4) is 0 Å². The Balaban J connectivity index is 1.22. The third-order valence-corrected chi connectivity index (χ3v) is 11.8. The maximum absolute atomic E-state index is 13.9. The highest BCUT2D eigenvalue weighted by Crippen LogP contribution is 2.68. The van der Waals surface area contributed by atoms with Crippen molar-refractivity contribution in [1.29, 1.82) is 0 Å². The Bertz CT molecular complexity index is 1350. The summed E-state index contributed by atoms with van der Waals surface area (Å²) in [6.07, 6.45) is 7.64. The number of aliphatic hydroxyl groups excluding tert-OH is 1. The van der Waals surface area contributed by atoms with E-state index >= 15 is 0 Å². The second-order valence-electron chi connectivity index (χ2n) is 12.7. The summed E-state index contributed by atoms with van der Waals surface area (Å²) in [5.41, 5.74) is 0.885. The van der Waals surface area contributed by atoms with Gasteiger partial charge in [0.15, 0.2) is 11.6 Å². The largest absolute Gasteiger partial charge is 0.393 e. The van der Waals surface area contributed by atoms with Crippen molar-refractivity contribution in [2.45, 2.75) is 63.1 Å². The molecule has 0 aliphatic heterocycles. The molecule has 0 heterocycles. The fraction of sp³-hybridized carbons (Fsp3) is 0.471. The summed E-state index contributed by atoms with van der Waals surface area (Å²) in [5.74, 6) is 0.247. The van der Waals surface area contributed by atoms with E-state index in [0.29, 0.717) is 6.42 Å². The predicted octanol–water partition coefficient (Wildman–Crippen LogP) is 6.27. The van der Waals surface area contributed by atoms with E-state index in [1.54, 1.807) is 12.2 Å². The number of ketones is 2. The molecule has 5 heteroatoms. The number of hydrogen-bond acceptors (Lipinski definition) is 5. The fourth-order valence-electron chi connectivity index (χ4n) is 8.89. The number of hydrogen-bond donors (Lipinski definition) is 2. The molecule has 39 heavy (non-hydrogen) atoms. The number of Topliss-reactive ketones (excluding diaryl/α,β-unsaturated/α-hetero) is 1. The van der Waals surface area contributed by atoms with Crippen LogP contribution in [0, 0.1) is 34.5 Å². The van der Waals surface area contributed by atoms with Crippen LogP contribution < -0.4 is 0 Å². The number of fused-ring (bicyclic) bond motifs is 5. The Hall–Kier alpha value is -2.47. The first kappa shape index (κ1) is 26.7. The van der Waals surface area contributed by atoms with E-state index in [1.165, 1.54) is 11.8 Å². The molecule has 204 valence electrons. The zero-order valence-electron chi connectivity index (χ0n) is 23.0. The molecule has 0 spiro atoms. The first-order valence-corrected chi connectivity index (χ1v) is 15.2. The summed E-state index contributed by atoms with van der Waals surface area (Å²) in [7, 11) is 0. The summed E-state index contributed by atoms with van der Waals surface area (Å²) in [6, 6.07) is 18.4. The van der Waals surface area contributed by atoms with Crippen LogP contribution in [0.15, 0.2) is 83.3 Å². The van der Waals surface area contributed by atoms with Gasteiger partial charge in [-0.3, -0.25) is 9.59 Å². The highest BCUT2D eigenvalue weighted by molar-refractivity contribution is 8.00. The average Bonchev–Trinajstić information content (AvgIpc) is 3.14. The molecule has 8 atom stereocenters. The maximum atomic E-state index is 13.9. The van der Waals surface area contributed by atoms with Crippen LogP contribution in [0.25, 0.3) is 11.1 Å². The first-order chi connectivity index (χ1) is 18.6. The Morgan fingerprint density at radius 2 is 1.74 bits per heavy atom. The molecular weight excluding hydrogens is 504 g/mol. The van der Waals surface area contributed by atoms with E-state index in [0.717, 1.165) is 40.9 Å². The van der Waals surface area contributed by atoms with Crippen molar-refractivity contribution in [3.8, 4) is 11.1 Å². The monoisotopic (exact) mass is 542 g/mol. The molecule has 6 rings (SSSR count). The minimum Gasteiger partial charge on any atom is -0.393 e. The van der Waals surface area contributed by atoms with Gasteiger partial charge >= 0.3 is 0 Å². The number of thioether (sulfide) groups is 1. The number of carbonyl (C=O) groups is 2. The third kappa shape index (κ3) is 4.03. The predicted molar refractivity (Wildman–Crippen MR) is 155 cm³/mol. The lowest BCUT2D eigenvalue weighted by Crippen LogP contribution is -2.62. The van der Waals surface area contributed by atoms with Gasteiger partial charge in [0.2, 0.25) is 0 Å². The van der Waals surface area contributed by atoms with Gasteiger partial charge in [-0.1, -0.05) is 74.9 Å². The quantitative estimate of drug-likeness (QED) is 0.436. The van der Waals surface area contributed by atoms with Gasteiger partial charge in [0.25, 0.3) is 0 Å². The molecule has 4 aliphatic rings. The van der Waals surface area contributed by atoms with Crippen LogP contribution in [0.2, 0.25) is 0 Å². The van der Waals surface area contributed by atoms with Crippen molar-refractivity contribution in [1.82, 2.24) is 0 Å². The van der Waals surface area contributed by atoms with Crippen LogP contribution in [0.5, 0.6) is 0 Å². The van der Waals surface area contributed by atoms with E-state index in [4.69, 9.17) is 0 Å². The minimum absolute atomic E-state index is 0.0120. The molecular formula is C34H38O4S. The highest BCUT2D eigenvalue weighted by Gasteiger charge is 2.70. The van der Waals surface area contributed by atoms with Gasteiger partial charge in [0.1, 0.15) is 5.60 Å². The number of carbonyl (C=O) groups excluding carboxylic acids is 2. The minimum atomic E-state index is -1.48. The fourth-order valence-corrected chi connectivity index (χ4v) is 9.73. The van der Waals surface area contributed by atoms with E-state index < -0.39 is 17.1 Å². The Kier molecular flexibility index (Phi) is 6.56. The molecule has 0 saturated heterocycles. The summed E-state index contributed by atoms with van der Waals surface area (Å²) < 4.78 is 0. The maximum Gasteiger partial charge on any atom is 0.178 e. The van der Waals surface area contributed by atoms with Crippen LogP contribution >= 0.6 is 11.8 Å². The van der Waals surface area contributed by atoms with Gasteiger partial charge in [-0.2, -0.15) is 0 Å². The molecule has 0 radical (unpaired) electrons. The van der Waals surface area contributed by atoms with Crippen molar-refractivity contribution >= 4 is 23.3 Å². The number of benzene rings is 2. The second kappa shape index (κ2) is 9.57. The second-order valence-corrected chi connectivity index (χ2v) is 13.8. The van der Waals surface area contributed by atoms with Gasteiger partial charge in [-0.05, 0) is 78.8 Å². The first-order valence-electron chi connectivity index (χ1n) is 14.2. The lowest BCUT2D eigenvalue weighted by molar-refractivity contribution is -0.179. The van der Waals surface area contributed by atoms with Crippen LogP contribution in [-0.2, 0) is 9.59 Å². The average molecular weight is 543 g/mol. The molecule has 5 unspecified atom stereocenters. The molecule has 0 amide bonds. The lowest BCUT2D eigenvalue weighted by atomic mass is 9.46. The van der Waals surface area contributed by atoms with Crippen LogP contribution in [0.4, 0.5) is 0 Å². The Morgan fingerprint density at radius 3 is 2.46 bits per heavy atom. The zero-order valence-corrected chi connectivity index (χ0v) is 23.8. The summed E-state index contributed by atoms with van der Waals surface area (Å²) >= 11 is 1.48. The normalized spacial score (nSPS) is 38.9. The number of aliphatic hydroxyl groups is 2. The molecule has 4 aliphatic carbocycles. The van der Waals surface area contributed by atoms with Crippen LogP contribution in [-0.4, -0.2) is 39.2 Å². The molecule has 0 aromatic heterocycles. The number of allylic oxidation sites excluding steroid dienone is 4. The van der Waals surface area contributed by atoms with Crippen molar-refractivity contribution in [2.75, 3.05) is 5.75 Å². The molecule has 3 saturated carbocycles. The van der Waals surface area contributed by atoms with Crippen molar-refractivity contribution < 1.29 is 19.8 Å². The molecule has 3 fully saturated rings. The topological polar surface area (TPSA) is 74.6 Å². The summed E-state index contributed by atoms with van der Waals surface area (Å²) in [5, 5.41) is 23.9. The van der Waals surface area contributed by atoms with E-state index in [-0.39, 0.29) is 46.4 Å². The molecule has 2 aromatic rings.